The fourth-order valence-corrected chi connectivity index (χ4v) is 1.82. The van der Waals surface area contributed by atoms with Gasteiger partial charge in [0.15, 0.2) is 5.57 Å². The van der Waals surface area contributed by atoms with Crippen LogP contribution in [0.4, 0.5) is 11.4 Å². The van der Waals surface area contributed by atoms with Gasteiger partial charge >= 0.3 is 0 Å². The maximum atomic E-state index is 10.9. The molecule has 0 unspecified atom stereocenters. The van der Waals surface area contributed by atoms with E-state index < -0.39 is 10.5 Å². The van der Waals surface area contributed by atoms with E-state index in [0.717, 1.165) is 0 Å². The van der Waals surface area contributed by atoms with E-state index in [1.165, 1.54) is 12.1 Å². The molecule has 1 rings (SSSR count). The Labute approximate surface area is 121 Å². The van der Waals surface area contributed by atoms with E-state index in [1.807, 2.05) is 22.6 Å². The highest BCUT2D eigenvalue weighted by Crippen LogP contribution is 2.30. The van der Waals surface area contributed by atoms with Crippen molar-refractivity contribution in [2.45, 2.75) is 0 Å². The van der Waals surface area contributed by atoms with Gasteiger partial charge in [0.25, 0.3) is 5.69 Å². The van der Waals surface area contributed by atoms with Crippen LogP contribution < -0.4 is 5.32 Å². The normalized spacial score (nSPS) is 8.53. The second-order valence-corrected chi connectivity index (χ2v) is 4.26. The number of hydrogen-bond donors (Lipinski definition) is 1. The van der Waals surface area contributed by atoms with Gasteiger partial charge in [0.2, 0.25) is 0 Å². The number of anilines is 1. The van der Waals surface area contributed by atoms with Crippen LogP contribution in [0.1, 0.15) is 0 Å². The summed E-state index contributed by atoms with van der Waals surface area (Å²) < 4.78 is 0.495. The highest BCUT2D eigenvalue weighted by Gasteiger charge is 2.18. The fourth-order valence-electron chi connectivity index (χ4n) is 1.20. The van der Waals surface area contributed by atoms with Crippen LogP contribution in [0.2, 0.25) is 0 Å². The summed E-state index contributed by atoms with van der Waals surface area (Å²) in [6.07, 6.45) is 0. The lowest BCUT2D eigenvalue weighted by Crippen LogP contribution is -2.05. The van der Waals surface area contributed by atoms with E-state index in [1.54, 1.807) is 24.3 Å². The first-order valence-corrected chi connectivity index (χ1v) is 5.77. The molecule has 0 aliphatic heterocycles. The second-order valence-electron chi connectivity index (χ2n) is 3.10. The molecule has 0 saturated carbocycles. The predicted molar refractivity (Wildman–Crippen MR) is 73.3 cm³/mol. The van der Waals surface area contributed by atoms with E-state index >= 15 is 0 Å². The number of allylic oxidation sites excluding steroid dienone is 2. The lowest BCUT2D eigenvalue weighted by molar-refractivity contribution is -0.384. The summed E-state index contributed by atoms with van der Waals surface area (Å²) in [6, 6.07) is 9.11. The molecule has 0 aliphatic carbocycles. The average molecular weight is 365 g/mol. The number of nitrogens with zero attached hydrogens (tertiary/aromatic N) is 4. The fraction of sp³-hybridized carbons (Fsp3) is 0. The molecule has 0 fully saturated rings. The van der Waals surface area contributed by atoms with E-state index in [9.17, 15) is 10.1 Å². The van der Waals surface area contributed by atoms with Crippen molar-refractivity contribution in [3.63, 3.8) is 0 Å². The molecule has 0 atom stereocenters. The zero-order chi connectivity index (χ0) is 14.4. The third-order valence-electron chi connectivity index (χ3n) is 2.02. The van der Waals surface area contributed by atoms with Gasteiger partial charge in [-0.15, -0.1) is 0 Å². The molecule has 7 nitrogen and oxygen atoms in total. The average Bonchev–Trinajstić information content (AvgIpc) is 2.40. The smallest absolute Gasteiger partial charge is 0.293 e. The first-order chi connectivity index (χ1) is 9.04. The maximum absolute atomic E-state index is 10.9. The Morgan fingerprint density at radius 1 is 1.26 bits per heavy atom. The Bertz CT molecular complexity index is 675. The maximum Gasteiger partial charge on any atom is 0.293 e. The van der Waals surface area contributed by atoms with Gasteiger partial charge in [0.05, 0.1) is 4.92 Å². The minimum absolute atomic E-state index is 0.0765. The molecule has 0 aliphatic rings. The highest BCUT2D eigenvalue weighted by atomic mass is 127. The van der Waals surface area contributed by atoms with Gasteiger partial charge in [-0.05, 0) is 28.7 Å². The van der Waals surface area contributed by atoms with Crippen LogP contribution in [-0.2, 0) is 0 Å². The minimum atomic E-state index is -0.613. The Hall–Kier alpha value is -2.64. The molecule has 0 heterocycles. The van der Waals surface area contributed by atoms with Crippen LogP contribution in [0.5, 0.6) is 0 Å². The van der Waals surface area contributed by atoms with Crippen LogP contribution >= 0.6 is 22.6 Å². The van der Waals surface area contributed by atoms with Crippen molar-refractivity contribution in [1.82, 2.24) is 0 Å². The Morgan fingerprint density at radius 2 is 1.89 bits per heavy atom. The number of hydrogen-bond acceptors (Lipinski definition) is 6. The number of rotatable bonds is 3. The van der Waals surface area contributed by atoms with Crippen LogP contribution in [0.25, 0.3) is 0 Å². The third kappa shape index (κ3) is 3.18. The largest absolute Gasteiger partial charge is 0.339 e. The molecule has 1 aromatic carbocycles. The molecule has 0 spiro atoms. The number of para-hydroxylation sites is 1. The van der Waals surface area contributed by atoms with Gasteiger partial charge < -0.3 is 5.32 Å². The second kappa shape index (κ2) is 6.34. The molecule has 19 heavy (non-hydrogen) atoms. The molecule has 1 N–H and O–H groups in total. The number of benzene rings is 1. The first-order valence-electron chi connectivity index (χ1n) is 4.69. The topological polar surface area (TPSA) is 127 Å². The molecule has 0 radical (unpaired) electrons. The third-order valence-corrected chi connectivity index (χ3v) is 2.92. The quantitative estimate of drug-likeness (QED) is 0.379. The van der Waals surface area contributed by atoms with Crippen molar-refractivity contribution in [2.24, 2.45) is 0 Å². The van der Waals surface area contributed by atoms with Crippen LogP contribution in [-0.4, -0.2) is 4.92 Å². The summed E-state index contributed by atoms with van der Waals surface area (Å²) in [5.41, 5.74) is -0.920. The molecule has 92 valence electrons. The van der Waals surface area contributed by atoms with Gasteiger partial charge in [-0.25, -0.2) is 0 Å². The van der Waals surface area contributed by atoms with Crippen molar-refractivity contribution < 1.29 is 4.92 Å². The van der Waals surface area contributed by atoms with Crippen LogP contribution in [0, 0.1) is 47.7 Å². The molecule has 0 bridgehead atoms. The van der Waals surface area contributed by atoms with Crippen LogP contribution in [0.3, 0.4) is 0 Å². The summed E-state index contributed by atoms with van der Waals surface area (Å²) >= 11 is 1.85. The summed E-state index contributed by atoms with van der Waals surface area (Å²) in [4.78, 5) is 10.3. The number of halogens is 1. The van der Waals surface area contributed by atoms with Crippen molar-refractivity contribution in [3.05, 3.63) is 43.2 Å². The van der Waals surface area contributed by atoms with Crippen molar-refractivity contribution in [1.29, 1.82) is 15.8 Å². The van der Waals surface area contributed by atoms with E-state index in [2.05, 4.69) is 5.32 Å². The first kappa shape index (κ1) is 14.4. The van der Waals surface area contributed by atoms with Crippen LogP contribution in [0.15, 0.2) is 29.5 Å². The number of nitro groups is 1. The standard InChI is InChI=1S/C11H4IN5O2/c12-8-2-1-3-10(17(18)19)11(8)16-9(6-15)7(4-13)5-14/h1-3,16H. The van der Waals surface area contributed by atoms with E-state index in [4.69, 9.17) is 15.8 Å². The minimum Gasteiger partial charge on any atom is -0.339 e. The molecule has 0 saturated heterocycles. The Morgan fingerprint density at radius 3 is 2.37 bits per heavy atom. The molecule has 0 aromatic heterocycles. The Balaban J connectivity index is 3.40. The lowest BCUT2D eigenvalue weighted by atomic mass is 10.2. The van der Waals surface area contributed by atoms with E-state index in [-0.39, 0.29) is 17.1 Å². The predicted octanol–water partition coefficient (Wildman–Crippen LogP) is 2.44. The molecular weight excluding hydrogens is 361 g/mol. The zero-order valence-corrected chi connectivity index (χ0v) is 11.4. The highest BCUT2D eigenvalue weighted by molar-refractivity contribution is 14.1. The number of nitrogens with one attached hydrogen (secondary N) is 1. The van der Waals surface area contributed by atoms with E-state index in [0.29, 0.717) is 3.57 Å². The van der Waals surface area contributed by atoms with Gasteiger partial charge in [0, 0.05) is 9.64 Å². The zero-order valence-electron chi connectivity index (χ0n) is 9.22. The molecule has 1 aromatic rings. The summed E-state index contributed by atoms with van der Waals surface area (Å²) in [6.45, 7) is 0. The summed E-state index contributed by atoms with van der Waals surface area (Å²) in [5, 5.41) is 39.6. The Kier molecular flexibility index (Phi) is 4.81. The van der Waals surface area contributed by atoms with Crippen molar-refractivity contribution in [2.75, 3.05) is 5.32 Å². The van der Waals surface area contributed by atoms with Gasteiger partial charge in [-0.2, -0.15) is 15.8 Å². The van der Waals surface area contributed by atoms with Crippen molar-refractivity contribution in [3.8, 4) is 18.2 Å². The lowest BCUT2D eigenvalue weighted by Gasteiger charge is -2.07. The molecule has 0 amide bonds. The molecule has 8 heteroatoms. The molecular formula is C11H4IN5O2. The number of nitro benzene ring substituents is 1. The van der Waals surface area contributed by atoms with Crippen molar-refractivity contribution >= 4 is 34.0 Å². The van der Waals surface area contributed by atoms with Gasteiger partial charge in [0.1, 0.15) is 29.6 Å². The number of nitriles is 3. The SMILES string of the molecule is N#CC(C#N)=C(C#N)Nc1c(I)cccc1[N+](=O)[O-]. The summed E-state index contributed by atoms with van der Waals surface area (Å²) in [7, 11) is 0. The van der Waals surface area contributed by atoms with Gasteiger partial charge in [-0.1, -0.05) is 6.07 Å². The summed E-state index contributed by atoms with van der Waals surface area (Å²) in [5.74, 6) is 0. The van der Waals surface area contributed by atoms with Gasteiger partial charge in [-0.3, -0.25) is 10.1 Å². The monoisotopic (exact) mass is 365 g/mol.